The van der Waals surface area contributed by atoms with Gasteiger partial charge in [0.25, 0.3) is 0 Å². The fraction of sp³-hybridized carbons (Fsp3) is 0.909. The van der Waals surface area contributed by atoms with Gasteiger partial charge in [0.15, 0.2) is 0 Å². The van der Waals surface area contributed by atoms with Gasteiger partial charge in [-0.3, -0.25) is 9.59 Å². The molecule has 0 aromatic heterocycles. The van der Waals surface area contributed by atoms with Crippen molar-refractivity contribution in [2.45, 2.75) is 91.6 Å². The molecule has 0 saturated heterocycles. The molecular weight excluding hydrogens is 312 g/mol. The molecule has 0 radical (unpaired) electrons. The number of Topliss-reactive ketones (excluding diaryl/α,β-unsaturated/α-hetero) is 1. The highest BCUT2D eigenvalue weighted by Gasteiger charge is 2.63. The lowest BCUT2D eigenvalue weighted by molar-refractivity contribution is -0.181. The average molecular weight is 347 g/mol. The molecule has 4 aliphatic rings. The minimum absolute atomic E-state index is 0.0276. The van der Waals surface area contributed by atoms with Crippen molar-refractivity contribution in [3.8, 4) is 0 Å². The topological polar surface area (TPSA) is 43.4 Å². The molecule has 0 aliphatic heterocycles. The quantitative estimate of drug-likeness (QED) is 0.633. The number of carbonyl (C=O) groups is 2. The van der Waals surface area contributed by atoms with Crippen molar-refractivity contribution in [2.75, 3.05) is 0 Å². The second-order valence-corrected chi connectivity index (χ2v) is 10.3. The van der Waals surface area contributed by atoms with Crippen molar-refractivity contribution < 1.29 is 14.3 Å². The van der Waals surface area contributed by atoms with Crippen molar-refractivity contribution in [3.05, 3.63) is 0 Å². The first kappa shape index (κ1) is 17.5. The Bertz CT molecular complexity index is 598. The first-order valence-electron chi connectivity index (χ1n) is 10.4. The van der Waals surface area contributed by atoms with Gasteiger partial charge in [0.2, 0.25) is 0 Å². The van der Waals surface area contributed by atoms with Crippen molar-refractivity contribution in [2.24, 2.45) is 34.0 Å². The number of ketones is 1. The molecule has 0 amide bonds. The molecule has 0 aromatic carbocycles. The zero-order valence-electron chi connectivity index (χ0n) is 16.4. The number of hydrogen-bond donors (Lipinski definition) is 0. The van der Waals surface area contributed by atoms with Gasteiger partial charge in [-0.25, -0.2) is 0 Å². The highest BCUT2D eigenvalue weighted by atomic mass is 16.5. The van der Waals surface area contributed by atoms with Gasteiger partial charge in [0.1, 0.15) is 11.9 Å². The van der Waals surface area contributed by atoms with Gasteiger partial charge in [-0.15, -0.1) is 0 Å². The van der Waals surface area contributed by atoms with E-state index in [1.54, 1.807) is 0 Å². The molecule has 3 nitrogen and oxygen atoms in total. The predicted molar refractivity (Wildman–Crippen MR) is 96.9 cm³/mol. The minimum atomic E-state index is -0.135. The Morgan fingerprint density at radius 3 is 2.48 bits per heavy atom. The second kappa shape index (κ2) is 5.57. The molecule has 25 heavy (non-hydrogen) atoms. The van der Waals surface area contributed by atoms with Crippen LogP contribution in [0.5, 0.6) is 0 Å². The summed E-state index contributed by atoms with van der Waals surface area (Å²) in [6, 6.07) is 0. The first-order chi connectivity index (χ1) is 11.7. The Hall–Kier alpha value is -0.860. The lowest BCUT2D eigenvalue weighted by Crippen LogP contribution is -2.58. The molecule has 0 spiro atoms. The van der Waals surface area contributed by atoms with Crippen LogP contribution in [0, 0.1) is 34.0 Å². The van der Waals surface area contributed by atoms with Crippen molar-refractivity contribution in [1.29, 1.82) is 0 Å². The first-order valence-corrected chi connectivity index (χ1v) is 10.4. The van der Waals surface area contributed by atoms with Crippen LogP contribution in [-0.4, -0.2) is 17.9 Å². The van der Waals surface area contributed by atoms with Crippen LogP contribution in [0.1, 0.15) is 85.5 Å². The molecule has 7 atom stereocenters. The summed E-state index contributed by atoms with van der Waals surface area (Å²) in [7, 11) is 0. The van der Waals surface area contributed by atoms with Gasteiger partial charge < -0.3 is 4.74 Å². The maximum atomic E-state index is 12.5. The summed E-state index contributed by atoms with van der Waals surface area (Å²) in [5.74, 6) is 2.49. The van der Waals surface area contributed by atoms with Crippen LogP contribution < -0.4 is 0 Å². The minimum Gasteiger partial charge on any atom is -0.463 e. The van der Waals surface area contributed by atoms with Crippen LogP contribution in [0.3, 0.4) is 0 Å². The fourth-order valence-electron chi connectivity index (χ4n) is 7.69. The number of ether oxygens (including phenoxy) is 1. The Kier molecular flexibility index (Phi) is 3.91. The van der Waals surface area contributed by atoms with Crippen LogP contribution in [0.2, 0.25) is 0 Å². The number of esters is 1. The summed E-state index contributed by atoms with van der Waals surface area (Å²) in [6.07, 6.45) is 10.0. The SMILES string of the molecule is CC(=O)O[C@H]1CC[C@]2(C)[C@@H]3CC[C@@]4(C)C(=O)CC[C@@H]4[C@@H]3CC[C@@]2(C)C1. The molecular formula is C22H34O3. The maximum Gasteiger partial charge on any atom is 0.302 e. The van der Waals surface area contributed by atoms with Gasteiger partial charge in [0.05, 0.1) is 0 Å². The zero-order valence-corrected chi connectivity index (χ0v) is 16.4. The van der Waals surface area contributed by atoms with Crippen LogP contribution in [0.4, 0.5) is 0 Å². The van der Waals surface area contributed by atoms with Gasteiger partial charge >= 0.3 is 5.97 Å². The smallest absolute Gasteiger partial charge is 0.302 e. The Morgan fingerprint density at radius 1 is 1.00 bits per heavy atom. The summed E-state index contributed by atoms with van der Waals surface area (Å²) < 4.78 is 5.60. The second-order valence-electron chi connectivity index (χ2n) is 10.3. The molecule has 4 rings (SSSR count). The monoisotopic (exact) mass is 346 g/mol. The van der Waals surface area contributed by atoms with E-state index in [0.717, 1.165) is 43.9 Å². The fourth-order valence-corrected chi connectivity index (χ4v) is 7.69. The summed E-state index contributed by atoms with van der Waals surface area (Å²) in [6.45, 7) is 8.77. The maximum absolute atomic E-state index is 12.5. The van der Waals surface area contributed by atoms with E-state index in [1.165, 1.54) is 32.6 Å². The highest BCUT2D eigenvalue weighted by Crippen LogP contribution is 2.69. The molecule has 4 aliphatic carbocycles. The van der Waals surface area contributed by atoms with Crippen LogP contribution in [0.25, 0.3) is 0 Å². The number of hydrogen-bond acceptors (Lipinski definition) is 3. The van der Waals surface area contributed by atoms with E-state index in [4.69, 9.17) is 4.74 Å². The van der Waals surface area contributed by atoms with E-state index in [-0.39, 0.29) is 22.9 Å². The number of fused-ring (bicyclic) bond motifs is 5. The van der Waals surface area contributed by atoms with Gasteiger partial charge in [0, 0.05) is 18.8 Å². The molecule has 4 saturated carbocycles. The third-order valence-corrected chi connectivity index (χ3v) is 9.37. The summed E-state index contributed by atoms with van der Waals surface area (Å²) in [4.78, 5) is 23.9. The standard InChI is InChI=1S/C22H34O3/c1-14(23)25-15-7-12-22(4)18-9-11-21(3)17(5-6-19(21)24)16(18)8-10-20(22,2)13-15/h15-18H,5-13H2,1-4H3/t15-,16-,17+,18+,20-,21+,22+/m0/s1. The molecule has 0 N–H and O–H groups in total. The number of rotatable bonds is 1. The molecule has 0 heterocycles. The van der Waals surface area contributed by atoms with E-state index < -0.39 is 0 Å². The molecule has 140 valence electrons. The van der Waals surface area contributed by atoms with Crippen molar-refractivity contribution in [1.82, 2.24) is 0 Å². The Labute approximate surface area is 152 Å². The van der Waals surface area contributed by atoms with Gasteiger partial charge in [-0.05, 0) is 80.0 Å². The van der Waals surface area contributed by atoms with Crippen molar-refractivity contribution >= 4 is 11.8 Å². The lowest BCUT2D eigenvalue weighted by Gasteiger charge is -2.64. The number of carbonyl (C=O) groups excluding carboxylic acids is 2. The summed E-state index contributed by atoms with van der Waals surface area (Å²) in [5.41, 5.74) is 0.572. The van der Waals surface area contributed by atoms with E-state index in [9.17, 15) is 9.59 Å². The largest absolute Gasteiger partial charge is 0.463 e. The molecule has 3 heteroatoms. The molecule has 0 bridgehead atoms. The molecule has 0 aromatic rings. The van der Waals surface area contributed by atoms with Crippen LogP contribution in [0.15, 0.2) is 0 Å². The van der Waals surface area contributed by atoms with Crippen LogP contribution >= 0.6 is 0 Å². The lowest BCUT2D eigenvalue weighted by atomic mass is 9.40. The van der Waals surface area contributed by atoms with Gasteiger partial charge in [-0.2, -0.15) is 0 Å². The zero-order chi connectivity index (χ0) is 18.0. The molecule has 0 unspecified atom stereocenters. The van der Waals surface area contributed by atoms with Crippen molar-refractivity contribution in [3.63, 3.8) is 0 Å². The Balaban J connectivity index is 1.60. The third kappa shape index (κ3) is 2.36. The van der Waals surface area contributed by atoms with E-state index >= 15 is 0 Å². The van der Waals surface area contributed by atoms with E-state index in [1.807, 2.05) is 0 Å². The highest BCUT2D eigenvalue weighted by molar-refractivity contribution is 5.87. The third-order valence-electron chi connectivity index (χ3n) is 9.37. The Morgan fingerprint density at radius 2 is 1.76 bits per heavy atom. The van der Waals surface area contributed by atoms with E-state index in [0.29, 0.717) is 17.1 Å². The normalized spacial score (nSPS) is 52.1. The summed E-state index contributed by atoms with van der Waals surface area (Å²) in [5, 5.41) is 0. The predicted octanol–water partition coefficient (Wildman–Crippen LogP) is 4.92. The molecule has 4 fully saturated rings. The summed E-state index contributed by atoms with van der Waals surface area (Å²) >= 11 is 0. The average Bonchev–Trinajstić information content (AvgIpc) is 2.84. The van der Waals surface area contributed by atoms with Crippen LogP contribution in [-0.2, 0) is 14.3 Å². The van der Waals surface area contributed by atoms with E-state index in [2.05, 4.69) is 20.8 Å². The van der Waals surface area contributed by atoms with Gasteiger partial charge in [-0.1, -0.05) is 20.8 Å².